The number of aromatic nitrogens is 1. The maximum absolute atomic E-state index is 12.7. The van der Waals surface area contributed by atoms with Crippen molar-refractivity contribution in [1.82, 2.24) is 10.3 Å². The van der Waals surface area contributed by atoms with E-state index in [-0.39, 0.29) is 5.56 Å². The van der Waals surface area contributed by atoms with Crippen LogP contribution >= 0.6 is 11.3 Å². The Balaban J connectivity index is 1.67. The standard InChI is InChI=1S/C21H23N3O6S/c1-11-6-7-15(30-11)14-10-31-21(23-14)24-19(25)12(2)22-20(26)13-8-16(27-3)18(29-5)17(9-13)28-4/h6-10,12H,1-5H3,(H,22,26)(H,23,24,25). The Labute approximate surface area is 183 Å². The molecule has 3 aromatic rings. The van der Waals surface area contributed by atoms with E-state index in [2.05, 4.69) is 15.6 Å². The van der Waals surface area contributed by atoms with Gasteiger partial charge in [-0.2, -0.15) is 0 Å². The SMILES string of the molecule is COc1cc(C(=O)NC(C)C(=O)Nc2nc(-c3ccc(C)o3)cs2)cc(OC)c1OC. The van der Waals surface area contributed by atoms with Gasteiger partial charge in [-0.25, -0.2) is 4.98 Å². The Hall–Kier alpha value is -3.53. The molecular weight excluding hydrogens is 422 g/mol. The number of nitrogens with zero attached hydrogens (tertiary/aromatic N) is 1. The molecule has 0 radical (unpaired) electrons. The van der Waals surface area contributed by atoms with Crippen molar-refractivity contribution in [2.45, 2.75) is 19.9 Å². The molecule has 1 unspecified atom stereocenters. The minimum Gasteiger partial charge on any atom is -0.493 e. The summed E-state index contributed by atoms with van der Waals surface area (Å²) in [6, 6.07) is 5.87. The summed E-state index contributed by atoms with van der Waals surface area (Å²) in [6.07, 6.45) is 0. The first kappa shape index (κ1) is 22.2. The monoisotopic (exact) mass is 445 g/mol. The summed E-state index contributed by atoms with van der Waals surface area (Å²) in [5, 5.41) is 7.55. The van der Waals surface area contributed by atoms with Gasteiger partial charge in [-0.1, -0.05) is 0 Å². The van der Waals surface area contributed by atoms with E-state index < -0.39 is 17.9 Å². The van der Waals surface area contributed by atoms with Gasteiger partial charge in [0, 0.05) is 10.9 Å². The van der Waals surface area contributed by atoms with Gasteiger partial charge < -0.3 is 29.3 Å². The molecule has 0 saturated heterocycles. The molecule has 0 aliphatic rings. The third-order valence-corrected chi connectivity index (χ3v) is 5.15. The lowest BCUT2D eigenvalue weighted by molar-refractivity contribution is -0.117. The number of rotatable bonds is 8. The molecule has 2 heterocycles. The third-order valence-electron chi connectivity index (χ3n) is 4.39. The third kappa shape index (κ3) is 4.97. The second-order valence-corrected chi connectivity index (χ2v) is 7.40. The highest BCUT2D eigenvalue weighted by Gasteiger charge is 2.21. The number of ether oxygens (including phenoxy) is 3. The second-order valence-electron chi connectivity index (χ2n) is 6.55. The topological polar surface area (TPSA) is 112 Å². The van der Waals surface area contributed by atoms with E-state index in [1.54, 1.807) is 12.3 Å². The van der Waals surface area contributed by atoms with Crippen LogP contribution in [0.15, 0.2) is 34.1 Å². The van der Waals surface area contributed by atoms with Crippen LogP contribution in [0.4, 0.5) is 5.13 Å². The maximum Gasteiger partial charge on any atom is 0.252 e. The number of aryl methyl sites for hydroxylation is 1. The molecule has 2 aromatic heterocycles. The number of hydrogen-bond acceptors (Lipinski definition) is 8. The normalized spacial score (nSPS) is 11.5. The van der Waals surface area contributed by atoms with Crippen molar-refractivity contribution >= 4 is 28.3 Å². The minimum absolute atomic E-state index is 0.263. The highest BCUT2D eigenvalue weighted by atomic mass is 32.1. The van der Waals surface area contributed by atoms with Crippen LogP contribution in [0.25, 0.3) is 11.5 Å². The Morgan fingerprint density at radius 1 is 1.10 bits per heavy atom. The molecule has 0 fully saturated rings. The average Bonchev–Trinajstić information content (AvgIpc) is 3.41. The number of amides is 2. The predicted octanol–water partition coefficient (Wildman–Crippen LogP) is 3.49. The van der Waals surface area contributed by atoms with Gasteiger partial charge >= 0.3 is 0 Å². The molecule has 0 saturated carbocycles. The molecule has 1 aromatic carbocycles. The Bertz CT molecular complexity index is 1070. The molecule has 2 N–H and O–H groups in total. The van der Waals surface area contributed by atoms with Crippen molar-refractivity contribution in [2.24, 2.45) is 0 Å². The van der Waals surface area contributed by atoms with Crippen molar-refractivity contribution in [3.63, 3.8) is 0 Å². The van der Waals surface area contributed by atoms with Crippen LogP contribution in [0.1, 0.15) is 23.0 Å². The smallest absolute Gasteiger partial charge is 0.252 e. The Morgan fingerprint density at radius 3 is 2.32 bits per heavy atom. The summed E-state index contributed by atoms with van der Waals surface area (Å²) >= 11 is 1.27. The minimum atomic E-state index is -0.815. The average molecular weight is 445 g/mol. The Morgan fingerprint density at radius 2 is 1.77 bits per heavy atom. The summed E-state index contributed by atoms with van der Waals surface area (Å²) in [5.41, 5.74) is 0.890. The van der Waals surface area contributed by atoms with Gasteiger partial charge in [-0.15, -0.1) is 11.3 Å². The fourth-order valence-corrected chi connectivity index (χ4v) is 3.49. The van der Waals surface area contributed by atoms with Gasteiger partial charge in [-0.05, 0) is 38.1 Å². The quantitative estimate of drug-likeness (QED) is 0.546. The predicted molar refractivity (Wildman–Crippen MR) is 116 cm³/mol. The van der Waals surface area contributed by atoms with Gasteiger partial charge in [0.05, 0.1) is 21.3 Å². The molecular formula is C21H23N3O6S. The molecule has 9 nitrogen and oxygen atoms in total. The van der Waals surface area contributed by atoms with Gasteiger partial charge in [0.2, 0.25) is 11.7 Å². The van der Waals surface area contributed by atoms with Crippen LogP contribution in [-0.4, -0.2) is 44.2 Å². The highest BCUT2D eigenvalue weighted by molar-refractivity contribution is 7.14. The van der Waals surface area contributed by atoms with Crippen LogP contribution in [0.2, 0.25) is 0 Å². The molecule has 0 aliphatic carbocycles. The van der Waals surface area contributed by atoms with E-state index >= 15 is 0 Å². The number of furan rings is 1. The number of thiazole rings is 1. The zero-order valence-electron chi connectivity index (χ0n) is 17.8. The van der Waals surface area contributed by atoms with E-state index in [4.69, 9.17) is 18.6 Å². The molecule has 2 amide bonds. The molecule has 164 valence electrons. The van der Waals surface area contributed by atoms with Crippen LogP contribution in [0, 0.1) is 6.92 Å². The number of benzene rings is 1. The summed E-state index contributed by atoms with van der Waals surface area (Å²) < 4.78 is 21.3. The zero-order chi connectivity index (χ0) is 22.5. The lowest BCUT2D eigenvalue weighted by Crippen LogP contribution is -2.41. The summed E-state index contributed by atoms with van der Waals surface area (Å²) in [5.74, 6) is 1.58. The lowest BCUT2D eigenvalue weighted by atomic mass is 10.1. The second kappa shape index (κ2) is 9.52. The summed E-state index contributed by atoms with van der Waals surface area (Å²) in [4.78, 5) is 29.5. The first-order valence-corrected chi connectivity index (χ1v) is 10.2. The van der Waals surface area contributed by atoms with Gasteiger partial charge in [-0.3, -0.25) is 9.59 Å². The number of carbonyl (C=O) groups is 2. The van der Waals surface area contributed by atoms with Crippen molar-refractivity contribution < 1.29 is 28.2 Å². The summed E-state index contributed by atoms with van der Waals surface area (Å²) in [7, 11) is 4.40. The van der Waals surface area contributed by atoms with E-state index in [0.29, 0.717) is 33.8 Å². The number of anilines is 1. The highest BCUT2D eigenvalue weighted by Crippen LogP contribution is 2.38. The number of carbonyl (C=O) groups excluding carboxylic acids is 2. The number of hydrogen-bond donors (Lipinski definition) is 2. The van der Waals surface area contributed by atoms with E-state index in [1.807, 2.05) is 19.1 Å². The van der Waals surface area contributed by atoms with E-state index in [9.17, 15) is 9.59 Å². The van der Waals surface area contributed by atoms with Crippen molar-refractivity contribution in [3.8, 4) is 28.7 Å². The van der Waals surface area contributed by atoms with Gasteiger partial charge in [0.1, 0.15) is 17.5 Å². The number of nitrogens with one attached hydrogen (secondary N) is 2. The van der Waals surface area contributed by atoms with Gasteiger partial charge in [0.25, 0.3) is 5.91 Å². The molecule has 31 heavy (non-hydrogen) atoms. The van der Waals surface area contributed by atoms with Crippen LogP contribution < -0.4 is 24.8 Å². The van der Waals surface area contributed by atoms with Crippen molar-refractivity contribution in [3.05, 3.63) is 41.0 Å². The van der Waals surface area contributed by atoms with E-state index in [0.717, 1.165) is 5.76 Å². The van der Waals surface area contributed by atoms with Crippen LogP contribution in [-0.2, 0) is 4.79 Å². The Kier molecular flexibility index (Phi) is 6.81. The summed E-state index contributed by atoms with van der Waals surface area (Å²) in [6.45, 7) is 3.42. The fraction of sp³-hybridized carbons (Fsp3) is 0.286. The molecule has 0 spiro atoms. The molecule has 1 atom stereocenters. The van der Waals surface area contributed by atoms with Gasteiger partial charge in [0.15, 0.2) is 22.4 Å². The first-order chi connectivity index (χ1) is 14.9. The molecule has 0 bridgehead atoms. The van der Waals surface area contributed by atoms with Crippen LogP contribution in [0.5, 0.6) is 17.2 Å². The molecule has 0 aliphatic heterocycles. The molecule has 3 rings (SSSR count). The maximum atomic E-state index is 12.7. The largest absolute Gasteiger partial charge is 0.493 e. The van der Waals surface area contributed by atoms with Crippen molar-refractivity contribution in [2.75, 3.05) is 26.6 Å². The zero-order valence-corrected chi connectivity index (χ0v) is 18.6. The van der Waals surface area contributed by atoms with E-state index in [1.165, 1.54) is 44.8 Å². The lowest BCUT2D eigenvalue weighted by Gasteiger charge is -2.16. The fourth-order valence-electron chi connectivity index (χ4n) is 2.79. The first-order valence-electron chi connectivity index (χ1n) is 9.30. The van der Waals surface area contributed by atoms with Crippen LogP contribution in [0.3, 0.4) is 0 Å². The number of methoxy groups -OCH3 is 3. The van der Waals surface area contributed by atoms with Crippen molar-refractivity contribution in [1.29, 1.82) is 0 Å². The molecule has 10 heteroatoms.